The van der Waals surface area contributed by atoms with Crippen LogP contribution < -0.4 is 10.1 Å². The van der Waals surface area contributed by atoms with Crippen LogP contribution >= 0.6 is 0 Å². The molecule has 2 bridgehead atoms. The number of aliphatic hydroxyl groups is 1. The Morgan fingerprint density at radius 3 is 2.56 bits per heavy atom. The molecule has 1 aromatic carbocycles. The molecule has 0 aliphatic carbocycles. The molecule has 5 unspecified atom stereocenters. The highest BCUT2D eigenvalue weighted by Crippen LogP contribution is 2.33. The SMILES string of the molecule is OC1C(NCc2ccc(OC(F)(F)F)cc2)C2COC(O2)C1N1CCCC1. The van der Waals surface area contributed by atoms with Gasteiger partial charge in [-0.3, -0.25) is 4.90 Å². The van der Waals surface area contributed by atoms with Gasteiger partial charge in [-0.15, -0.1) is 13.2 Å². The van der Waals surface area contributed by atoms with Crippen molar-refractivity contribution in [3.8, 4) is 5.75 Å². The van der Waals surface area contributed by atoms with Gasteiger partial charge in [0.2, 0.25) is 0 Å². The molecule has 150 valence electrons. The molecule has 2 N–H and O–H groups in total. The average molecular weight is 388 g/mol. The zero-order chi connectivity index (χ0) is 19.0. The maximum Gasteiger partial charge on any atom is 0.573 e. The van der Waals surface area contributed by atoms with Crippen molar-refractivity contribution in [3.63, 3.8) is 0 Å². The fourth-order valence-electron chi connectivity index (χ4n) is 4.13. The van der Waals surface area contributed by atoms with E-state index in [1.165, 1.54) is 12.1 Å². The predicted molar refractivity (Wildman–Crippen MR) is 89.0 cm³/mol. The van der Waals surface area contributed by atoms with Crippen molar-refractivity contribution in [2.45, 2.75) is 56.3 Å². The summed E-state index contributed by atoms with van der Waals surface area (Å²) in [6.45, 7) is 2.65. The Kier molecular flexibility index (Phi) is 5.30. The van der Waals surface area contributed by atoms with Crippen molar-refractivity contribution in [3.05, 3.63) is 29.8 Å². The molecule has 3 aliphatic rings. The third-order valence-corrected chi connectivity index (χ3v) is 5.39. The Morgan fingerprint density at radius 1 is 1.19 bits per heavy atom. The summed E-state index contributed by atoms with van der Waals surface area (Å²) in [6, 6.07) is 5.18. The zero-order valence-electron chi connectivity index (χ0n) is 14.7. The van der Waals surface area contributed by atoms with Crippen molar-refractivity contribution >= 4 is 0 Å². The van der Waals surface area contributed by atoms with Crippen molar-refractivity contribution in [1.82, 2.24) is 10.2 Å². The Morgan fingerprint density at radius 2 is 1.89 bits per heavy atom. The van der Waals surface area contributed by atoms with Gasteiger partial charge in [-0.1, -0.05) is 12.1 Å². The number of aliphatic hydroxyl groups excluding tert-OH is 1. The van der Waals surface area contributed by atoms with Gasteiger partial charge in [0, 0.05) is 6.54 Å². The number of likely N-dealkylation sites (tertiary alicyclic amines) is 1. The Labute approximate surface area is 155 Å². The van der Waals surface area contributed by atoms with E-state index in [-0.39, 0.29) is 23.9 Å². The molecule has 9 heteroatoms. The molecule has 1 aromatic rings. The zero-order valence-corrected chi connectivity index (χ0v) is 14.7. The lowest BCUT2D eigenvalue weighted by Gasteiger charge is -2.42. The van der Waals surface area contributed by atoms with E-state index in [1.807, 2.05) is 0 Å². The molecule has 0 spiro atoms. The number of alkyl halides is 3. The maximum atomic E-state index is 12.2. The number of rotatable bonds is 5. The number of benzene rings is 1. The summed E-state index contributed by atoms with van der Waals surface area (Å²) in [6.07, 6.45) is -3.78. The molecule has 3 saturated heterocycles. The predicted octanol–water partition coefficient (Wildman–Crippen LogP) is 1.62. The summed E-state index contributed by atoms with van der Waals surface area (Å²) in [4.78, 5) is 2.22. The first kappa shape index (κ1) is 18.9. The van der Waals surface area contributed by atoms with Crippen molar-refractivity contribution < 1.29 is 32.5 Å². The van der Waals surface area contributed by atoms with Gasteiger partial charge in [-0.05, 0) is 43.6 Å². The molecule has 4 rings (SSSR count). The quantitative estimate of drug-likeness (QED) is 0.800. The molecular formula is C18H23F3N2O4. The molecule has 3 aliphatic heterocycles. The summed E-state index contributed by atoms with van der Waals surface area (Å²) in [5, 5.41) is 14.2. The van der Waals surface area contributed by atoms with Crippen molar-refractivity contribution in [1.29, 1.82) is 0 Å². The van der Waals surface area contributed by atoms with E-state index in [0.717, 1.165) is 31.5 Å². The molecular weight excluding hydrogens is 365 g/mol. The number of hydrogen-bond donors (Lipinski definition) is 2. The van der Waals surface area contributed by atoms with Gasteiger partial charge in [0.15, 0.2) is 6.29 Å². The van der Waals surface area contributed by atoms with Gasteiger partial charge >= 0.3 is 6.36 Å². The lowest BCUT2D eigenvalue weighted by molar-refractivity contribution is -0.274. The van der Waals surface area contributed by atoms with Crippen LogP contribution in [0, 0.1) is 0 Å². The fourth-order valence-corrected chi connectivity index (χ4v) is 4.13. The second-order valence-electron chi connectivity index (χ2n) is 7.20. The van der Waals surface area contributed by atoms with Crippen LogP contribution in [-0.2, 0) is 16.0 Å². The largest absolute Gasteiger partial charge is 0.573 e. The highest BCUT2D eigenvalue weighted by molar-refractivity contribution is 5.27. The lowest BCUT2D eigenvalue weighted by Crippen LogP contribution is -2.63. The molecule has 3 fully saturated rings. The second kappa shape index (κ2) is 7.56. The van der Waals surface area contributed by atoms with Crippen LogP contribution in [0.5, 0.6) is 5.75 Å². The molecule has 0 amide bonds. The van der Waals surface area contributed by atoms with E-state index in [1.54, 1.807) is 12.1 Å². The molecule has 6 nitrogen and oxygen atoms in total. The molecule has 0 radical (unpaired) electrons. The minimum Gasteiger partial charge on any atom is -0.406 e. The number of ether oxygens (including phenoxy) is 3. The molecule has 0 saturated carbocycles. The Hall–Kier alpha value is -1.39. The van der Waals surface area contributed by atoms with Crippen LogP contribution in [-0.4, -0.2) is 66.6 Å². The maximum absolute atomic E-state index is 12.2. The highest BCUT2D eigenvalue weighted by Gasteiger charge is 2.52. The smallest absolute Gasteiger partial charge is 0.406 e. The number of hydrogen-bond acceptors (Lipinski definition) is 6. The summed E-state index contributed by atoms with van der Waals surface area (Å²) in [5.74, 6) is -0.256. The first-order valence-electron chi connectivity index (χ1n) is 9.18. The summed E-state index contributed by atoms with van der Waals surface area (Å²) < 4.78 is 52.2. The van der Waals surface area contributed by atoms with Gasteiger partial charge in [0.25, 0.3) is 0 Å². The van der Waals surface area contributed by atoms with Gasteiger partial charge in [-0.2, -0.15) is 0 Å². The van der Waals surface area contributed by atoms with Crippen LogP contribution in [0.3, 0.4) is 0 Å². The van der Waals surface area contributed by atoms with Crippen LogP contribution in [0.2, 0.25) is 0 Å². The van der Waals surface area contributed by atoms with Crippen molar-refractivity contribution in [2.75, 3.05) is 19.7 Å². The van der Waals surface area contributed by atoms with Gasteiger partial charge in [0.1, 0.15) is 11.9 Å². The number of fused-ring (bicyclic) bond motifs is 2. The molecule has 5 atom stereocenters. The Bertz CT molecular complexity index is 634. The summed E-state index contributed by atoms with van der Waals surface area (Å²) in [7, 11) is 0. The second-order valence-corrected chi connectivity index (χ2v) is 7.20. The van der Waals surface area contributed by atoms with Gasteiger partial charge < -0.3 is 24.6 Å². The summed E-state index contributed by atoms with van der Waals surface area (Å²) in [5.41, 5.74) is 0.787. The molecule has 3 heterocycles. The Balaban J connectivity index is 1.38. The number of nitrogens with one attached hydrogen (secondary N) is 1. The third kappa shape index (κ3) is 4.22. The van der Waals surface area contributed by atoms with E-state index in [4.69, 9.17) is 9.47 Å². The number of halogens is 3. The minimum absolute atomic E-state index is 0.202. The molecule has 27 heavy (non-hydrogen) atoms. The average Bonchev–Trinajstić information content (AvgIpc) is 3.27. The van der Waals surface area contributed by atoms with E-state index in [2.05, 4.69) is 15.0 Å². The van der Waals surface area contributed by atoms with Gasteiger partial charge in [-0.25, -0.2) is 0 Å². The van der Waals surface area contributed by atoms with E-state index in [9.17, 15) is 18.3 Å². The van der Waals surface area contributed by atoms with Crippen LogP contribution in [0.4, 0.5) is 13.2 Å². The first-order valence-corrected chi connectivity index (χ1v) is 9.18. The summed E-state index contributed by atoms with van der Waals surface area (Å²) >= 11 is 0. The first-order chi connectivity index (χ1) is 12.9. The number of nitrogens with zero attached hydrogens (tertiary/aromatic N) is 1. The minimum atomic E-state index is -4.70. The topological polar surface area (TPSA) is 63.2 Å². The van der Waals surface area contributed by atoms with Crippen LogP contribution in [0.25, 0.3) is 0 Å². The lowest BCUT2D eigenvalue weighted by atomic mass is 9.94. The van der Waals surface area contributed by atoms with Crippen LogP contribution in [0.1, 0.15) is 18.4 Å². The molecule has 0 aromatic heterocycles. The standard InChI is InChI=1S/C18H23F3N2O4/c19-18(20,21)27-12-5-3-11(4-6-12)9-22-14-13-10-25-17(26-13)15(16(14)24)23-7-1-2-8-23/h3-6,13-17,22,24H,1-2,7-10H2. The van der Waals surface area contributed by atoms with E-state index < -0.39 is 18.8 Å². The fraction of sp³-hybridized carbons (Fsp3) is 0.667. The monoisotopic (exact) mass is 388 g/mol. The van der Waals surface area contributed by atoms with E-state index in [0.29, 0.717) is 13.2 Å². The third-order valence-electron chi connectivity index (χ3n) is 5.39. The normalized spacial score (nSPS) is 34.1. The highest BCUT2D eigenvalue weighted by atomic mass is 19.4. The van der Waals surface area contributed by atoms with Crippen LogP contribution in [0.15, 0.2) is 24.3 Å². The van der Waals surface area contributed by atoms with E-state index >= 15 is 0 Å². The van der Waals surface area contributed by atoms with Crippen molar-refractivity contribution in [2.24, 2.45) is 0 Å². The van der Waals surface area contributed by atoms with Gasteiger partial charge in [0.05, 0.1) is 24.8 Å².